The molecule has 96 valence electrons. The molecule has 0 aromatic carbocycles. The van der Waals surface area contributed by atoms with Crippen LogP contribution in [0.15, 0.2) is 46.6 Å². The topological polar surface area (TPSA) is 32.5 Å². The molecule has 0 unspecified atom stereocenters. The summed E-state index contributed by atoms with van der Waals surface area (Å²) in [6.45, 7) is 0. The molecule has 3 rings (SSSR count). The number of fused-ring (bicyclic) bond motifs is 3. The molecule has 0 N–H and O–H groups in total. The second-order valence-electron chi connectivity index (χ2n) is 3.77. The molecule has 21 heavy (non-hydrogen) atoms. The Kier molecular flexibility index (Phi) is 7.39. The van der Waals surface area contributed by atoms with Crippen LogP contribution in [0.4, 0.5) is 0 Å². The van der Waals surface area contributed by atoms with Gasteiger partial charge in [-0.1, -0.05) is 9.98 Å². The first-order chi connectivity index (χ1) is 9.33. The monoisotopic (exact) mass is 460 g/mol. The van der Waals surface area contributed by atoms with Gasteiger partial charge in [-0.05, 0) is 24.4 Å². The van der Waals surface area contributed by atoms with Crippen molar-refractivity contribution in [2.24, 2.45) is 9.98 Å². The molecule has 0 spiro atoms. The van der Waals surface area contributed by atoms with Crippen LogP contribution in [0, 0.1) is 12.1 Å². The summed E-state index contributed by atoms with van der Waals surface area (Å²) in [5, 5.41) is 4.77. The molecular weight excluding hydrogens is 454 g/mol. The predicted octanol–water partition coefficient (Wildman–Crippen LogP) is 1.16. The summed E-state index contributed by atoms with van der Waals surface area (Å²) in [5.41, 5.74) is 1.78. The van der Waals surface area contributed by atoms with E-state index >= 15 is 0 Å². The molecule has 1 aliphatic heterocycles. The Morgan fingerprint density at radius 1 is 0.905 bits per heavy atom. The van der Waals surface area contributed by atoms with Gasteiger partial charge in [0, 0.05) is 65.4 Å². The standard InChI is InChI=1S/C13H6N4S2.2Y/c18-9-14-13(15-10-19)16-7-3-1-5-11(16)12-6-2-4-8-17(12)13;;/h3-8H;;. The second-order valence-corrected chi connectivity index (χ2v) is 4.14. The van der Waals surface area contributed by atoms with Gasteiger partial charge in [0.1, 0.15) is 11.4 Å². The van der Waals surface area contributed by atoms with E-state index in [9.17, 15) is 0 Å². The molecule has 0 fully saturated rings. The fourth-order valence-electron chi connectivity index (χ4n) is 2.19. The molecule has 8 heteroatoms. The van der Waals surface area contributed by atoms with Gasteiger partial charge in [0.05, 0.1) is 22.7 Å². The third kappa shape index (κ3) is 3.10. The fourth-order valence-corrected chi connectivity index (χ4v) is 2.43. The number of nitrogens with zero attached hydrogens (tertiary/aromatic N) is 4. The average molecular weight is 460 g/mol. The molecular formula is C13H6N4S2Y2. The number of aromatic nitrogens is 2. The van der Waals surface area contributed by atoms with E-state index in [0.29, 0.717) is 0 Å². The number of hydrogen-bond donors (Lipinski definition) is 0. The zero-order valence-electron chi connectivity index (χ0n) is 10.7. The van der Waals surface area contributed by atoms with Crippen LogP contribution in [0.2, 0.25) is 0 Å². The van der Waals surface area contributed by atoms with E-state index in [1.807, 2.05) is 33.7 Å². The van der Waals surface area contributed by atoms with E-state index in [2.05, 4.69) is 32.4 Å². The third-order valence-electron chi connectivity index (χ3n) is 2.90. The van der Waals surface area contributed by atoms with Crippen molar-refractivity contribution >= 4 is 34.8 Å². The van der Waals surface area contributed by atoms with E-state index in [1.165, 1.54) is 0 Å². The first kappa shape index (κ1) is 19.2. The van der Waals surface area contributed by atoms with E-state index in [4.69, 9.17) is 24.4 Å². The van der Waals surface area contributed by atoms with Gasteiger partial charge < -0.3 is 0 Å². The van der Waals surface area contributed by atoms with Gasteiger partial charge in [0.2, 0.25) is 0 Å². The van der Waals surface area contributed by atoms with Gasteiger partial charge in [-0.15, -0.1) is 24.3 Å². The molecule has 2 radical (unpaired) electrons. The van der Waals surface area contributed by atoms with Crippen LogP contribution < -0.4 is 9.13 Å². The summed E-state index contributed by atoms with van der Waals surface area (Å²) in [4.78, 5) is 8.39. The van der Waals surface area contributed by atoms with Crippen molar-refractivity contribution in [3.8, 4) is 11.4 Å². The Morgan fingerprint density at radius 3 is 1.71 bits per heavy atom. The van der Waals surface area contributed by atoms with Crippen LogP contribution in [-0.2, 0) is 71.3 Å². The zero-order chi connectivity index (χ0) is 13.3. The number of isothiocyanates is 2. The molecule has 3 heterocycles. The quantitative estimate of drug-likeness (QED) is 0.292. The molecule has 0 aliphatic carbocycles. The Balaban J connectivity index is 0.00000110. The van der Waals surface area contributed by atoms with Crippen LogP contribution in [-0.4, -0.2) is 10.3 Å². The van der Waals surface area contributed by atoms with Gasteiger partial charge in [-0.2, -0.15) is 12.1 Å². The Labute approximate surface area is 183 Å². The summed E-state index contributed by atoms with van der Waals surface area (Å²) in [5.74, 6) is -1.13. The van der Waals surface area contributed by atoms with Crippen LogP contribution in [0.25, 0.3) is 11.4 Å². The largest absolute Gasteiger partial charge is 0.553 e. The van der Waals surface area contributed by atoms with E-state index < -0.39 is 5.91 Å². The SMILES string of the molecule is S=C=NC1(N=C=S)[n+]2cc[c-]cc2-c2c[c-]cc[n+]21.[Y].[Y]. The molecule has 2 aromatic rings. The van der Waals surface area contributed by atoms with Crippen LogP contribution in [0.1, 0.15) is 0 Å². The van der Waals surface area contributed by atoms with E-state index in [1.54, 1.807) is 12.1 Å². The molecule has 2 aromatic heterocycles. The maximum atomic E-state index is 4.75. The van der Waals surface area contributed by atoms with E-state index in [0.717, 1.165) is 11.4 Å². The second kappa shape index (κ2) is 8.10. The van der Waals surface area contributed by atoms with Crippen LogP contribution in [0.3, 0.4) is 0 Å². The summed E-state index contributed by atoms with van der Waals surface area (Å²) >= 11 is 9.50. The van der Waals surface area contributed by atoms with Gasteiger partial charge in [0.25, 0.3) is 0 Å². The molecule has 0 saturated carbocycles. The average Bonchev–Trinajstić information content (AvgIpc) is 2.72. The first-order valence-electron chi connectivity index (χ1n) is 5.36. The van der Waals surface area contributed by atoms with Gasteiger partial charge in [-0.3, -0.25) is 0 Å². The van der Waals surface area contributed by atoms with E-state index in [-0.39, 0.29) is 65.4 Å². The minimum absolute atomic E-state index is 0. The van der Waals surface area contributed by atoms with Crippen molar-refractivity contribution in [3.05, 3.63) is 48.8 Å². The van der Waals surface area contributed by atoms with Gasteiger partial charge in [0.15, 0.2) is 0 Å². The van der Waals surface area contributed by atoms with Crippen molar-refractivity contribution in [3.63, 3.8) is 0 Å². The zero-order valence-corrected chi connectivity index (χ0v) is 18.0. The fraction of sp³-hybridized carbons (Fsp3) is 0.0769. The summed E-state index contributed by atoms with van der Waals surface area (Å²) in [6.07, 6.45) is 3.63. The number of pyridine rings is 2. The third-order valence-corrected chi connectivity index (χ3v) is 3.08. The number of hydrogen-bond acceptors (Lipinski definition) is 4. The Morgan fingerprint density at radius 2 is 1.33 bits per heavy atom. The summed E-state index contributed by atoms with van der Waals surface area (Å²) < 4.78 is 3.68. The first-order valence-corrected chi connectivity index (χ1v) is 6.18. The summed E-state index contributed by atoms with van der Waals surface area (Å²) in [7, 11) is 0. The van der Waals surface area contributed by atoms with Crippen LogP contribution >= 0.6 is 24.4 Å². The Hall–Kier alpha value is 0.108. The predicted molar refractivity (Wildman–Crippen MR) is 73.4 cm³/mol. The van der Waals surface area contributed by atoms with Gasteiger partial charge >= 0.3 is 5.91 Å². The maximum absolute atomic E-state index is 4.75. The molecule has 1 aliphatic rings. The number of rotatable bonds is 2. The van der Waals surface area contributed by atoms with Crippen molar-refractivity contribution in [2.75, 3.05) is 0 Å². The van der Waals surface area contributed by atoms with Crippen LogP contribution in [0.5, 0.6) is 0 Å². The van der Waals surface area contributed by atoms with Crippen molar-refractivity contribution in [2.45, 2.75) is 5.91 Å². The molecule has 0 atom stereocenters. The number of aliphatic imine (C=N–C) groups is 2. The minimum Gasteiger partial charge on any atom is -0.203 e. The molecule has 0 amide bonds. The minimum atomic E-state index is -1.13. The van der Waals surface area contributed by atoms with Crippen molar-refractivity contribution < 1.29 is 74.6 Å². The van der Waals surface area contributed by atoms with Crippen molar-refractivity contribution in [1.82, 2.24) is 0 Å². The molecule has 0 saturated heterocycles. The maximum Gasteiger partial charge on any atom is 0.553 e. The normalized spacial score (nSPS) is 12.4. The smallest absolute Gasteiger partial charge is 0.203 e. The summed E-state index contributed by atoms with van der Waals surface area (Å²) in [6, 6.07) is 13.3. The van der Waals surface area contributed by atoms with Crippen molar-refractivity contribution in [1.29, 1.82) is 0 Å². The molecule has 4 nitrogen and oxygen atoms in total. The van der Waals surface area contributed by atoms with Gasteiger partial charge in [-0.25, -0.2) is 9.13 Å². The Bertz CT molecular complexity index is 703. The number of thiocarbonyl (C=S) groups is 2. The molecule has 0 bridgehead atoms.